The Morgan fingerprint density at radius 3 is 2.55 bits per heavy atom. The molecule has 264 valence electrons. The number of ether oxygens (including phenoxy) is 3. The Morgan fingerprint density at radius 1 is 1.10 bits per heavy atom. The first-order valence-electron chi connectivity index (χ1n) is 18.0. The van der Waals surface area contributed by atoms with Gasteiger partial charge in [-0.05, 0) is 95.8 Å². The fourth-order valence-corrected chi connectivity index (χ4v) is 12.0. The number of esters is 2. The molecule has 0 bridgehead atoms. The minimum Gasteiger partial charge on any atom is -0.462 e. The molecule has 6 aliphatic rings. The third-order valence-corrected chi connectivity index (χ3v) is 14.5. The van der Waals surface area contributed by atoms with Gasteiger partial charge in [-0.2, -0.15) is 0 Å². The van der Waals surface area contributed by atoms with Crippen LogP contribution in [0.25, 0.3) is 0 Å². The molecule has 9 heteroatoms. The highest BCUT2D eigenvalue weighted by Gasteiger charge is 2.82. The first-order chi connectivity index (χ1) is 23.2. The Hall–Kier alpha value is -3.75. The van der Waals surface area contributed by atoms with Crippen molar-refractivity contribution in [1.82, 2.24) is 0 Å². The van der Waals surface area contributed by atoms with E-state index in [4.69, 9.17) is 14.2 Å². The van der Waals surface area contributed by atoms with E-state index in [0.29, 0.717) is 23.9 Å². The van der Waals surface area contributed by atoms with Gasteiger partial charge in [0.15, 0.2) is 17.7 Å². The molecule has 1 amide bonds. The van der Waals surface area contributed by atoms with Crippen molar-refractivity contribution in [3.63, 3.8) is 0 Å². The Labute approximate surface area is 290 Å². The highest BCUT2D eigenvalue weighted by molar-refractivity contribution is 6.01. The summed E-state index contributed by atoms with van der Waals surface area (Å²) in [6.45, 7) is 13.9. The van der Waals surface area contributed by atoms with Crippen LogP contribution in [0, 0.1) is 57.2 Å². The molecule has 2 unspecified atom stereocenters. The number of rotatable bonds is 8. The molecule has 4 saturated carbocycles. The maximum Gasteiger partial charge on any atom is 0.411 e. The third kappa shape index (κ3) is 4.96. The van der Waals surface area contributed by atoms with Crippen molar-refractivity contribution in [2.75, 3.05) is 11.9 Å². The highest BCUT2D eigenvalue weighted by atomic mass is 16.6. The molecule has 1 aromatic carbocycles. The summed E-state index contributed by atoms with van der Waals surface area (Å²) in [6.07, 6.45) is 7.60. The summed E-state index contributed by atoms with van der Waals surface area (Å²) >= 11 is 0. The zero-order valence-electron chi connectivity index (χ0n) is 29.3. The molecule has 5 fully saturated rings. The number of hydrogen-bond donors (Lipinski definition) is 1. The van der Waals surface area contributed by atoms with Crippen molar-refractivity contribution in [1.29, 1.82) is 0 Å². The lowest BCUT2D eigenvalue weighted by Crippen LogP contribution is -2.56. The number of ketones is 2. The second-order valence-electron chi connectivity index (χ2n) is 16.5. The highest BCUT2D eigenvalue weighted by Crippen LogP contribution is 2.87. The summed E-state index contributed by atoms with van der Waals surface area (Å²) in [5.41, 5.74) is 0.421. The zero-order valence-corrected chi connectivity index (χ0v) is 29.3. The molecule has 1 aliphatic heterocycles. The van der Waals surface area contributed by atoms with Crippen molar-refractivity contribution in [2.45, 2.75) is 91.8 Å². The molecule has 0 radical (unpaired) electrons. The van der Waals surface area contributed by atoms with Crippen LogP contribution in [-0.2, 0) is 33.4 Å². The number of carbonyl (C=O) groups excluding carboxylic acids is 5. The first kappa shape index (κ1) is 33.7. The van der Waals surface area contributed by atoms with E-state index in [1.165, 1.54) is 6.92 Å². The molecule has 1 aromatic rings. The fourth-order valence-electron chi connectivity index (χ4n) is 12.0. The quantitative estimate of drug-likeness (QED) is 0.176. The van der Waals surface area contributed by atoms with Crippen LogP contribution in [0.5, 0.6) is 0 Å². The van der Waals surface area contributed by atoms with Crippen molar-refractivity contribution in [3.05, 3.63) is 54.6 Å². The minimum absolute atomic E-state index is 0. The predicted molar refractivity (Wildman–Crippen MR) is 183 cm³/mol. The van der Waals surface area contributed by atoms with Crippen LogP contribution in [-0.4, -0.2) is 48.4 Å². The van der Waals surface area contributed by atoms with E-state index in [0.717, 1.165) is 32.1 Å². The Bertz CT molecular complexity index is 1640. The second kappa shape index (κ2) is 11.7. The zero-order chi connectivity index (χ0) is 35.1. The maximum atomic E-state index is 14.1. The number of nitrogens with one attached hydrogen (secondary N) is 1. The lowest BCUT2D eigenvalue weighted by atomic mass is 9.43. The van der Waals surface area contributed by atoms with Crippen LogP contribution in [0.4, 0.5) is 10.5 Å². The van der Waals surface area contributed by atoms with Gasteiger partial charge in [-0.3, -0.25) is 24.5 Å². The van der Waals surface area contributed by atoms with Gasteiger partial charge in [0.05, 0.1) is 13.0 Å². The number of allylic oxidation sites excluding steroid dienone is 2. The van der Waals surface area contributed by atoms with Gasteiger partial charge in [-0.25, -0.2) is 4.79 Å². The van der Waals surface area contributed by atoms with Crippen molar-refractivity contribution in [3.8, 4) is 0 Å². The van der Waals surface area contributed by atoms with E-state index < -0.39 is 36.1 Å². The second-order valence-corrected chi connectivity index (χ2v) is 16.5. The minimum atomic E-state index is -1.06. The van der Waals surface area contributed by atoms with Crippen LogP contribution in [0.3, 0.4) is 0 Å². The van der Waals surface area contributed by atoms with E-state index in [9.17, 15) is 24.0 Å². The Balaban J connectivity index is 0.00000432. The largest absolute Gasteiger partial charge is 0.462 e. The number of fused-ring (bicyclic) bond motifs is 2. The maximum absolute atomic E-state index is 14.1. The molecule has 9 nitrogen and oxygen atoms in total. The molecular weight excluding hydrogens is 622 g/mol. The molecule has 5 aliphatic carbocycles. The van der Waals surface area contributed by atoms with Crippen LogP contribution in [0.2, 0.25) is 0 Å². The van der Waals surface area contributed by atoms with Crippen molar-refractivity contribution in [2.24, 2.45) is 57.2 Å². The average molecular weight is 674 g/mol. The van der Waals surface area contributed by atoms with Gasteiger partial charge in [0.2, 0.25) is 0 Å². The number of benzene rings is 1. The smallest absolute Gasteiger partial charge is 0.411 e. The number of para-hydroxylation sites is 1. The van der Waals surface area contributed by atoms with Crippen LogP contribution in [0.1, 0.15) is 81.0 Å². The van der Waals surface area contributed by atoms with Gasteiger partial charge < -0.3 is 14.2 Å². The SMILES string of the molecule is C=C(C(=O)[C@@H]1OC(=O)C[C@H]1[C@H]1[C@@H](OC(C)=O)C[C@@]2(C)[C@@H]3CC[C@H]4[C@H](C)C(=O)C=CC45CC35CC[C@]12C)[C@@H](C)COC(=O)Nc1ccccc1.[HH]. The van der Waals surface area contributed by atoms with E-state index in [1.54, 1.807) is 31.2 Å². The van der Waals surface area contributed by atoms with Gasteiger partial charge in [0.1, 0.15) is 6.10 Å². The summed E-state index contributed by atoms with van der Waals surface area (Å²) in [5, 5.41) is 2.66. The molecule has 12 atom stereocenters. The van der Waals surface area contributed by atoms with Crippen LogP contribution in [0.15, 0.2) is 54.6 Å². The summed E-state index contributed by atoms with van der Waals surface area (Å²) in [5.74, 6) is -1.49. The molecular formula is C40H51NO8. The molecule has 1 N–H and O–H groups in total. The van der Waals surface area contributed by atoms with Crippen LogP contribution >= 0.6 is 0 Å². The summed E-state index contributed by atoms with van der Waals surface area (Å²) in [4.78, 5) is 64.9. The Kier molecular flexibility index (Phi) is 8.03. The van der Waals surface area contributed by atoms with E-state index in [2.05, 4.69) is 38.7 Å². The summed E-state index contributed by atoms with van der Waals surface area (Å²) in [6, 6.07) is 8.93. The number of anilines is 1. The number of cyclic esters (lactones) is 1. The van der Waals surface area contributed by atoms with Gasteiger partial charge in [0, 0.05) is 37.7 Å². The summed E-state index contributed by atoms with van der Waals surface area (Å²) < 4.78 is 17.4. The van der Waals surface area contributed by atoms with E-state index in [1.807, 2.05) is 12.1 Å². The number of hydrogen-bond acceptors (Lipinski definition) is 8. The number of Topliss-reactive ketones (excluding diaryl/α,β-unsaturated/α-hetero) is 1. The third-order valence-electron chi connectivity index (χ3n) is 14.5. The normalized spacial score (nSPS) is 42.0. The average Bonchev–Trinajstić information content (AvgIpc) is 3.49. The van der Waals surface area contributed by atoms with Gasteiger partial charge in [-0.15, -0.1) is 0 Å². The number of carbonyl (C=O) groups is 5. The Morgan fingerprint density at radius 2 is 1.84 bits per heavy atom. The number of amides is 1. The molecule has 0 aromatic heterocycles. The summed E-state index contributed by atoms with van der Waals surface area (Å²) in [7, 11) is 0. The van der Waals surface area contributed by atoms with Crippen molar-refractivity contribution < 1.29 is 39.6 Å². The fraction of sp³-hybridized carbons (Fsp3) is 0.625. The van der Waals surface area contributed by atoms with Crippen LogP contribution < -0.4 is 5.32 Å². The molecule has 7 rings (SSSR count). The van der Waals surface area contributed by atoms with Crippen molar-refractivity contribution >= 4 is 35.3 Å². The topological polar surface area (TPSA) is 125 Å². The molecule has 1 heterocycles. The lowest BCUT2D eigenvalue weighted by Gasteiger charge is -2.61. The van der Waals surface area contributed by atoms with Gasteiger partial charge >= 0.3 is 18.0 Å². The van der Waals surface area contributed by atoms with Gasteiger partial charge in [0.25, 0.3) is 0 Å². The monoisotopic (exact) mass is 673 g/mol. The standard InChI is InChI=1S/C40H49NO8.H2/c1-22(20-47-36(46)41-26-10-8-7-9-11-26)23(2)34(45)35-27(18-32(44)49-35)33-30(48-25(4)42)19-38(6)31-13-12-28-24(3)29(43)14-15-39(28)21-40(31,39)17-16-37(33,38)5;/h7-11,14-15,22,24,27-28,30-31,33,35H,2,12-13,16-21H2,1,3-6H3,(H,41,46);1H/t22-,24-,27-,28-,30-,31-,33-,35+,37+,38-,39?,40?;/m0./s1. The first-order valence-corrected chi connectivity index (χ1v) is 18.0. The predicted octanol–water partition coefficient (Wildman–Crippen LogP) is 7.11. The van der Waals surface area contributed by atoms with Gasteiger partial charge in [-0.1, -0.05) is 58.5 Å². The molecule has 49 heavy (non-hydrogen) atoms. The van der Waals surface area contributed by atoms with E-state index >= 15 is 0 Å². The van der Waals surface area contributed by atoms with E-state index in [-0.39, 0.29) is 71.1 Å². The molecule has 1 saturated heterocycles. The lowest BCUT2D eigenvalue weighted by molar-refractivity contribution is -0.155. The molecule has 2 spiro atoms.